The van der Waals surface area contributed by atoms with Gasteiger partial charge in [-0.3, -0.25) is 0 Å². The molecule has 0 aliphatic heterocycles. The SMILES string of the molecule is CCONC(CC)CC(C)CC. The highest BCUT2D eigenvalue weighted by atomic mass is 16.6. The van der Waals surface area contributed by atoms with E-state index in [1.54, 1.807) is 0 Å². The average molecular weight is 173 g/mol. The van der Waals surface area contributed by atoms with Crippen LogP contribution in [0.15, 0.2) is 0 Å². The second kappa shape index (κ2) is 7.56. The maximum atomic E-state index is 5.18. The molecule has 0 heterocycles. The Labute approximate surface area is 76.6 Å². The highest BCUT2D eigenvalue weighted by molar-refractivity contribution is 4.63. The Balaban J connectivity index is 3.51. The van der Waals surface area contributed by atoms with Crippen LogP contribution < -0.4 is 5.48 Å². The van der Waals surface area contributed by atoms with Gasteiger partial charge in [0, 0.05) is 6.04 Å². The van der Waals surface area contributed by atoms with Crippen molar-refractivity contribution in [3.05, 3.63) is 0 Å². The fourth-order valence-electron chi connectivity index (χ4n) is 1.15. The largest absolute Gasteiger partial charge is 0.302 e. The van der Waals surface area contributed by atoms with Crippen LogP contribution in [0.1, 0.15) is 47.0 Å². The molecule has 0 bridgehead atoms. The smallest absolute Gasteiger partial charge is 0.0654 e. The Bertz CT molecular complexity index is 95.8. The summed E-state index contributed by atoms with van der Waals surface area (Å²) in [5.41, 5.74) is 3.08. The van der Waals surface area contributed by atoms with E-state index in [0.717, 1.165) is 18.9 Å². The van der Waals surface area contributed by atoms with Crippen molar-refractivity contribution in [2.45, 2.75) is 53.0 Å². The van der Waals surface area contributed by atoms with E-state index in [0.29, 0.717) is 6.04 Å². The van der Waals surface area contributed by atoms with Crippen LogP contribution in [-0.2, 0) is 4.84 Å². The van der Waals surface area contributed by atoms with E-state index < -0.39 is 0 Å². The molecule has 0 spiro atoms. The molecule has 0 aliphatic rings. The van der Waals surface area contributed by atoms with Crippen molar-refractivity contribution in [1.82, 2.24) is 5.48 Å². The molecule has 0 saturated heterocycles. The van der Waals surface area contributed by atoms with Gasteiger partial charge in [0.05, 0.1) is 6.61 Å². The van der Waals surface area contributed by atoms with Gasteiger partial charge in [-0.25, -0.2) is 0 Å². The maximum Gasteiger partial charge on any atom is 0.0654 e. The molecule has 0 aromatic rings. The minimum atomic E-state index is 0.528. The molecule has 0 fully saturated rings. The van der Waals surface area contributed by atoms with Crippen LogP contribution in [-0.4, -0.2) is 12.6 Å². The zero-order valence-corrected chi connectivity index (χ0v) is 8.89. The van der Waals surface area contributed by atoms with Crippen LogP contribution in [0.5, 0.6) is 0 Å². The maximum absolute atomic E-state index is 5.18. The monoisotopic (exact) mass is 173 g/mol. The second-order valence-corrected chi connectivity index (χ2v) is 3.41. The number of hydrogen-bond acceptors (Lipinski definition) is 2. The predicted molar refractivity (Wildman–Crippen MR) is 52.9 cm³/mol. The molecule has 2 nitrogen and oxygen atoms in total. The molecule has 0 aromatic heterocycles. The van der Waals surface area contributed by atoms with E-state index in [4.69, 9.17) is 4.84 Å². The van der Waals surface area contributed by atoms with Gasteiger partial charge >= 0.3 is 0 Å². The summed E-state index contributed by atoms with van der Waals surface area (Å²) in [6.45, 7) is 9.47. The van der Waals surface area contributed by atoms with Gasteiger partial charge in [0.2, 0.25) is 0 Å². The summed E-state index contributed by atoms with van der Waals surface area (Å²) in [4.78, 5) is 5.18. The Morgan fingerprint density at radius 1 is 1.17 bits per heavy atom. The highest BCUT2D eigenvalue weighted by Gasteiger charge is 2.09. The molecule has 2 unspecified atom stereocenters. The lowest BCUT2D eigenvalue weighted by Gasteiger charge is -2.19. The number of rotatable bonds is 7. The van der Waals surface area contributed by atoms with E-state index in [9.17, 15) is 0 Å². The summed E-state index contributed by atoms with van der Waals surface area (Å²) in [6.07, 6.45) is 3.61. The standard InChI is InChI=1S/C10H23NO/c1-5-9(4)8-10(6-2)11-12-7-3/h9-11H,5-8H2,1-4H3. The number of nitrogens with one attached hydrogen (secondary N) is 1. The molecule has 0 radical (unpaired) electrons. The molecule has 2 atom stereocenters. The zero-order valence-electron chi connectivity index (χ0n) is 8.89. The van der Waals surface area contributed by atoms with Gasteiger partial charge in [-0.1, -0.05) is 27.2 Å². The summed E-state index contributed by atoms with van der Waals surface area (Å²) in [7, 11) is 0. The lowest BCUT2D eigenvalue weighted by atomic mass is 9.98. The first-order valence-electron chi connectivity index (χ1n) is 5.11. The van der Waals surface area contributed by atoms with Crippen molar-refractivity contribution < 1.29 is 4.84 Å². The Hall–Kier alpha value is -0.0800. The van der Waals surface area contributed by atoms with Gasteiger partial charge < -0.3 is 4.84 Å². The lowest BCUT2D eigenvalue weighted by Crippen LogP contribution is -2.30. The molecule has 0 rings (SSSR count). The van der Waals surface area contributed by atoms with E-state index >= 15 is 0 Å². The summed E-state index contributed by atoms with van der Waals surface area (Å²) in [5.74, 6) is 0.794. The molecule has 2 heteroatoms. The second-order valence-electron chi connectivity index (χ2n) is 3.41. The predicted octanol–water partition coefficient (Wildman–Crippen LogP) is 2.74. The third-order valence-corrected chi connectivity index (χ3v) is 2.27. The number of hydrogen-bond donors (Lipinski definition) is 1. The van der Waals surface area contributed by atoms with Gasteiger partial charge in [-0.05, 0) is 25.7 Å². The first-order chi connectivity index (χ1) is 5.74. The molecule has 12 heavy (non-hydrogen) atoms. The van der Waals surface area contributed by atoms with Gasteiger partial charge in [-0.15, -0.1) is 0 Å². The van der Waals surface area contributed by atoms with Crippen LogP contribution in [0, 0.1) is 5.92 Å². The lowest BCUT2D eigenvalue weighted by molar-refractivity contribution is 0.0178. The molecular weight excluding hydrogens is 150 g/mol. The summed E-state index contributed by atoms with van der Waals surface area (Å²) >= 11 is 0. The first-order valence-corrected chi connectivity index (χ1v) is 5.11. The molecule has 0 aromatic carbocycles. The van der Waals surface area contributed by atoms with Gasteiger partial charge in [0.25, 0.3) is 0 Å². The molecule has 0 aliphatic carbocycles. The average Bonchev–Trinajstić information content (AvgIpc) is 2.11. The zero-order chi connectivity index (χ0) is 9.40. The quantitative estimate of drug-likeness (QED) is 0.598. The van der Waals surface area contributed by atoms with Crippen molar-refractivity contribution in [3.8, 4) is 0 Å². The van der Waals surface area contributed by atoms with Gasteiger partial charge in [0.1, 0.15) is 0 Å². The highest BCUT2D eigenvalue weighted by Crippen LogP contribution is 2.11. The van der Waals surface area contributed by atoms with Crippen LogP contribution in [0.2, 0.25) is 0 Å². The minimum absolute atomic E-state index is 0.528. The van der Waals surface area contributed by atoms with Crippen LogP contribution >= 0.6 is 0 Å². The van der Waals surface area contributed by atoms with E-state index in [-0.39, 0.29) is 0 Å². The van der Waals surface area contributed by atoms with Gasteiger partial charge in [0.15, 0.2) is 0 Å². The van der Waals surface area contributed by atoms with E-state index in [1.807, 2.05) is 6.92 Å². The van der Waals surface area contributed by atoms with Crippen molar-refractivity contribution in [3.63, 3.8) is 0 Å². The van der Waals surface area contributed by atoms with Crippen molar-refractivity contribution in [2.24, 2.45) is 5.92 Å². The minimum Gasteiger partial charge on any atom is -0.302 e. The molecule has 0 saturated carbocycles. The van der Waals surface area contributed by atoms with Crippen molar-refractivity contribution >= 4 is 0 Å². The molecular formula is C10H23NO. The third kappa shape index (κ3) is 5.56. The summed E-state index contributed by atoms with van der Waals surface area (Å²) in [6, 6.07) is 0.528. The van der Waals surface area contributed by atoms with Crippen LogP contribution in [0.4, 0.5) is 0 Å². The molecule has 74 valence electrons. The van der Waals surface area contributed by atoms with E-state index in [1.165, 1.54) is 12.8 Å². The fourth-order valence-corrected chi connectivity index (χ4v) is 1.15. The summed E-state index contributed by atoms with van der Waals surface area (Å²) in [5, 5.41) is 0. The van der Waals surface area contributed by atoms with Crippen LogP contribution in [0.25, 0.3) is 0 Å². The van der Waals surface area contributed by atoms with Crippen molar-refractivity contribution in [1.29, 1.82) is 0 Å². The topological polar surface area (TPSA) is 21.3 Å². The summed E-state index contributed by atoms with van der Waals surface area (Å²) < 4.78 is 0. The Kier molecular flexibility index (Phi) is 7.51. The normalized spacial score (nSPS) is 16.0. The van der Waals surface area contributed by atoms with E-state index in [2.05, 4.69) is 26.3 Å². The Morgan fingerprint density at radius 2 is 1.83 bits per heavy atom. The number of hydroxylamine groups is 1. The molecule has 1 N–H and O–H groups in total. The van der Waals surface area contributed by atoms with Gasteiger partial charge in [-0.2, -0.15) is 5.48 Å². The third-order valence-electron chi connectivity index (χ3n) is 2.27. The first kappa shape index (κ1) is 11.9. The molecule has 0 amide bonds. The Morgan fingerprint density at radius 3 is 2.25 bits per heavy atom. The van der Waals surface area contributed by atoms with Crippen molar-refractivity contribution in [2.75, 3.05) is 6.61 Å². The van der Waals surface area contributed by atoms with Crippen LogP contribution in [0.3, 0.4) is 0 Å². The fraction of sp³-hybridized carbons (Fsp3) is 1.00.